The Labute approximate surface area is 84.0 Å². The van der Waals surface area contributed by atoms with E-state index in [0.717, 1.165) is 11.6 Å². The van der Waals surface area contributed by atoms with Crippen LogP contribution in [0.3, 0.4) is 0 Å². The highest BCUT2D eigenvalue weighted by Gasteiger charge is 2.02. The molecule has 0 aliphatic heterocycles. The Bertz CT molecular complexity index is 288. The molecule has 0 unspecified atom stereocenters. The number of nitrogens with zero attached hydrogens (tertiary/aromatic N) is 1. The van der Waals surface area contributed by atoms with Crippen LogP contribution in [-0.2, 0) is 11.4 Å². The summed E-state index contributed by atoms with van der Waals surface area (Å²) in [5.41, 5.74) is 2.42. The summed E-state index contributed by atoms with van der Waals surface area (Å²) < 4.78 is 0. The van der Waals surface area contributed by atoms with Gasteiger partial charge in [-0.3, -0.25) is 0 Å². The lowest BCUT2D eigenvalue weighted by molar-refractivity contribution is -0.116. The average molecular weight is 200 g/mol. The summed E-state index contributed by atoms with van der Waals surface area (Å²) in [4.78, 5) is 5.04. The minimum Gasteiger partial charge on any atom is -0.302 e. The van der Waals surface area contributed by atoms with Crippen LogP contribution in [-0.4, -0.2) is 19.2 Å². The van der Waals surface area contributed by atoms with Crippen molar-refractivity contribution in [3.63, 3.8) is 0 Å². The maximum absolute atomic E-state index is 5.84. The van der Waals surface area contributed by atoms with Crippen LogP contribution in [0.25, 0.3) is 0 Å². The highest BCUT2D eigenvalue weighted by Crippen LogP contribution is 2.16. The second-order valence-corrected chi connectivity index (χ2v) is 3.48. The van der Waals surface area contributed by atoms with Crippen molar-refractivity contribution in [1.82, 2.24) is 5.06 Å². The Morgan fingerprint density at radius 1 is 1.46 bits per heavy atom. The highest BCUT2D eigenvalue weighted by molar-refractivity contribution is 6.30. The zero-order valence-electron chi connectivity index (χ0n) is 8.17. The molecule has 0 aromatic heterocycles. The molecule has 1 aromatic carbocycles. The van der Waals surface area contributed by atoms with E-state index in [1.54, 1.807) is 12.2 Å². The summed E-state index contributed by atoms with van der Waals surface area (Å²) in [5, 5.41) is 2.55. The molecule has 0 atom stereocenters. The first-order valence-corrected chi connectivity index (χ1v) is 4.51. The Kier molecular flexibility index (Phi) is 3.72. The van der Waals surface area contributed by atoms with Crippen molar-refractivity contribution in [1.29, 1.82) is 0 Å². The van der Waals surface area contributed by atoms with Gasteiger partial charge in [-0.25, -0.2) is 0 Å². The van der Waals surface area contributed by atoms with Crippen LogP contribution in [0.4, 0.5) is 0 Å². The summed E-state index contributed by atoms with van der Waals surface area (Å²) in [7, 11) is 3.55. The van der Waals surface area contributed by atoms with Gasteiger partial charge in [0.1, 0.15) is 0 Å². The third kappa shape index (κ3) is 2.99. The predicted molar refractivity (Wildman–Crippen MR) is 54.7 cm³/mol. The Hall–Kier alpha value is -0.570. The van der Waals surface area contributed by atoms with Crippen molar-refractivity contribution in [2.75, 3.05) is 14.2 Å². The third-order valence-electron chi connectivity index (χ3n) is 2.01. The monoisotopic (exact) mass is 199 g/mol. The fourth-order valence-electron chi connectivity index (χ4n) is 1.14. The van der Waals surface area contributed by atoms with E-state index >= 15 is 0 Å². The molecule has 0 aliphatic rings. The molecule has 0 fully saturated rings. The standard InChI is InChI=1S/C10H14ClNO/c1-8-6-10(11)5-4-9(8)7-12(2)13-3/h4-6H,7H2,1-3H3. The van der Waals surface area contributed by atoms with Crippen LogP contribution in [0.15, 0.2) is 18.2 Å². The smallest absolute Gasteiger partial charge is 0.0575 e. The predicted octanol–water partition coefficient (Wildman–Crippen LogP) is 2.64. The van der Waals surface area contributed by atoms with Crippen molar-refractivity contribution in [3.8, 4) is 0 Å². The average Bonchev–Trinajstić information content (AvgIpc) is 2.09. The zero-order valence-corrected chi connectivity index (χ0v) is 8.93. The fourth-order valence-corrected chi connectivity index (χ4v) is 1.37. The van der Waals surface area contributed by atoms with Gasteiger partial charge in [-0.1, -0.05) is 17.7 Å². The molecule has 72 valence electrons. The lowest BCUT2D eigenvalue weighted by Crippen LogP contribution is -2.16. The van der Waals surface area contributed by atoms with Gasteiger partial charge >= 0.3 is 0 Å². The minimum absolute atomic E-state index is 0.777. The Morgan fingerprint density at radius 2 is 2.15 bits per heavy atom. The number of hydroxylamine groups is 2. The second kappa shape index (κ2) is 4.61. The van der Waals surface area contributed by atoms with Crippen molar-refractivity contribution in [2.45, 2.75) is 13.5 Å². The topological polar surface area (TPSA) is 12.5 Å². The van der Waals surface area contributed by atoms with E-state index in [9.17, 15) is 0 Å². The van der Waals surface area contributed by atoms with Gasteiger partial charge in [-0.2, -0.15) is 5.06 Å². The molecule has 0 heterocycles. The van der Waals surface area contributed by atoms with E-state index in [0.29, 0.717) is 0 Å². The van der Waals surface area contributed by atoms with E-state index in [-0.39, 0.29) is 0 Å². The van der Waals surface area contributed by atoms with Crippen LogP contribution >= 0.6 is 11.6 Å². The molecule has 1 aromatic rings. The molecule has 0 N–H and O–H groups in total. The van der Waals surface area contributed by atoms with Crippen LogP contribution in [0, 0.1) is 6.92 Å². The zero-order chi connectivity index (χ0) is 9.84. The van der Waals surface area contributed by atoms with E-state index in [4.69, 9.17) is 16.4 Å². The van der Waals surface area contributed by atoms with Crippen molar-refractivity contribution in [2.24, 2.45) is 0 Å². The highest BCUT2D eigenvalue weighted by atomic mass is 35.5. The molecular formula is C10H14ClNO. The lowest BCUT2D eigenvalue weighted by atomic mass is 10.1. The molecule has 0 radical (unpaired) electrons. The summed E-state index contributed by atoms with van der Waals surface area (Å²) in [6.07, 6.45) is 0. The number of benzene rings is 1. The van der Waals surface area contributed by atoms with Gasteiger partial charge in [-0.05, 0) is 30.2 Å². The fraction of sp³-hybridized carbons (Fsp3) is 0.400. The van der Waals surface area contributed by atoms with E-state index < -0.39 is 0 Å². The molecule has 13 heavy (non-hydrogen) atoms. The molecule has 0 spiro atoms. The molecule has 0 aliphatic carbocycles. The molecule has 3 heteroatoms. The quantitative estimate of drug-likeness (QED) is 0.694. The molecule has 0 saturated heterocycles. The normalized spacial score (nSPS) is 10.8. The van der Waals surface area contributed by atoms with Gasteiger partial charge in [0.15, 0.2) is 0 Å². The Balaban J connectivity index is 2.77. The molecule has 1 rings (SSSR count). The maximum Gasteiger partial charge on any atom is 0.0575 e. The third-order valence-corrected chi connectivity index (χ3v) is 2.24. The molecular weight excluding hydrogens is 186 g/mol. The first-order chi connectivity index (χ1) is 6.13. The van der Waals surface area contributed by atoms with Gasteiger partial charge in [0.25, 0.3) is 0 Å². The summed E-state index contributed by atoms with van der Waals surface area (Å²) in [6.45, 7) is 2.82. The van der Waals surface area contributed by atoms with Gasteiger partial charge in [0, 0.05) is 18.6 Å². The van der Waals surface area contributed by atoms with Crippen molar-refractivity contribution < 1.29 is 4.84 Å². The van der Waals surface area contributed by atoms with Crippen LogP contribution < -0.4 is 0 Å². The SMILES string of the molecule is CON(C)Cc1ccc(Cl)cc1C. The lowest BCUT2D eigenvalue weighted by Gasteiger charge is -2.14. The first kappa shape index (κ1) is 10.5. The number of halogens is 1. The summed E-state index contributed by atoms with van der Waals surface area (Å²) >= 11 is 5.84. The van der Waals surface area contributed by atoms with Gasteiger partial charge in [0.2, 0.25) is 0 Å². The van der Waals surface area contributed by atoms with Crippen LogP contribution in [0.1, 0.15) is 11.1 Å². The number of hydrogen-bond acceptors (Lipinski definition) is 2. The van der Waals surface area contributed by atoms with Crippen molar-refractivity contribution >= 4 is 11.6 Å². The van der Waals surface area contributed by atoms with Gasteiger partial charge in [-0.15, -0.1) is 0 Å². The summed E-state index contributed by atoms with van der Waals surface area (Å²) in [5.74, 6) is 0. The van der Waals surface area contributed by atoms with E-state index in [2.05, 4.69) is 0 Å². The van der Waals surface area contributed by atoms with E-state index in [1.807, 2.05) is 32.2 Å². The molecule has 0 amide bonds. The number of hydrogen-bond donors (Lipinski definition) is 0. The van der Waals surface area contributed by atoms with Gasteiger partial charge in [0.05, 0.1) is 7.11 Å². The first-order valence-electron chi connectivity index (χ1n) is 4.13. The van der Waals surface area contributed by atoms with Crippen LogP contribution in [0.5, 0.6) is 0 Å². The Morgan fingerprint density at radius 3 is 2.69 bits per heavy atom. The second-order valence-electron chi connectivity index (χ2n) is 3.04. The molecule has 0 bridgehead atoms. The van der Waals surface area contributed by atoms with Gasteiger partial charge < -0.3 is 4.84 Å². The van der Waals surface area contributed by atoms with Crippen LogP contribution in [0.2, 0.25) is 5.02 Å². The summed E-state index contributed by atoms with van der Waals surface area (Å²) in [6, 6.07) is 5.88. The maximum atomic E-state index is 5.84. The number of aryl methyl sites for hydroxylation is 1. The molecule has 2 nitrogen and oxygen atoms in total. The van der Waals surface area contributed by atoms with Crippen molar-refractivity contribution in [3.05, 3.63) is 34.3 Å². The largest absolute Gasteiger partial charge is 0.302 e. The molecule has 0 saturated carbocycles. The minimum atomic E-state index is 0.777. The van der Waals surface area contributed by atoms with E-state index in [1.165, 1.54) is 11.1 Å². The number of rotatable bonds is 3.